The molecule has 2 N–H and O–H groups in total. The number of nitrogens with zero attached hydrogens (tertiary/aromatic N) is 2. The molecule has 1 amide bonds. The van der Waals surface area contributed by atoms with E-state index in [0.29, 0.717) is 11.0 Å². The predicted molar refractivity (Wildman–Crippen MR) is 89.8 cm³/mol. The minimum Gasteiger partial charge on any atom is -0.366 e. The highest BCUT2D eigenvalue weighted by Gasteiger charge is 2.35. The monoisotopic (exact) mass is 401 g/mol. The molecule has 0 aromatic heterocycles. The highest BCUT2D eigenvalue weighted by atomic mass is 19.4. The van der Waals surface area contributed by atoms with Gasteiger partial charge >= 0.3 is 12.4 Å². The van der Waals surface area contributed by atoms with Crippen LogP contribution < -0.4 is 10.6 Å². The quantitative estimate of drug-likeness (QED) is 0.571. The maximum Gasteiger partial charge on any atom is 0.407 e. The van der Waals surface area contributed by atoms with Gasteiger partial charge in [-0.05, 0) is 29.8 Å². The largest absolute Gasteiger partial charge is 0.407 e. The third-order valence-electron chi connectivity index (χ3n) is 3.73. The molecule has 2 aromatic rings. The van der Waals surface area contributed by atoms with Crippen LogP contribution in [0.5, 0.6) is 0 Å². The molecule has 2 aromatic carbocycles. The number of amides is 1. The van der Waals surface area contributed by atoms with Crippen molar-refractivity contribution in [2.24, 2.45) is 5.73 Å². The molecule has 0 fully saturated rings. The third-order valence-corrected chi connectivity index (χ3v) is 3.73. The second-order valence-electron chi connectivity index (χ2n) is 5.85. The van der Waals surface area contributed by atoms with Crippen LogP contribution in [-0.4, -0.2) is 18.6 Å². The third kappa shape index (κ3) is 5.39. The van der Waals surface area contributed by atoms with Crippen LogP contribution in [0.1, 0.15) is 21.5 Å². The van der Waals surface area contributed by atoms with E-state index in [9.17, 15) is 31.1 Å². The van der Waals surface area contributed by atoms with Gasteiger partial charge < -0.3 is 10.6 Å². The molecule has 0 unspecified atom stereocenters. The van der Waals surface area contributed by atoms with Gasteiger partial charge in [0.05, 0.1) is 12.1 Å². The van der Waals surface area contributed by atoms with Crippen molar-refractivity contribution in [3.8, 4) is 0 Å². The number of carbonyl (C=O) groups is 1. The van der Waals surface area contributed by atoms with E-state index in [2.05, 4.69) is 4.85 Å². The fourth-order valence-electron chi connectivity index (χ4n) is 2.54. The van der Waals surface area contributed by atoms with Crippen molar-refractivity contribution in [3.05, 3.63) is 70.6 Å². The van der Waals surface area contributed by atoms with Crippen molar-refractivity contribution in [1.82, 2.24) is 0 Å². The lowest BCUT2D eigenvalue weighted by atomic mass is 10.1. The summed E-state index contributed by atoms with van der Waals surface area (Å²) < 4.78 is 78.4. The van der Waals surface area contributed by atoms with Crippen molar-refractivity contribution in [3.63, 3.8) is 0 Å². The molecule has 148 valence electrons. The highest BCUT2D eigenvalue weighted by Crippen LogP contribution is 2.39. The summed E-state index contributed by atoms with van der Waals surface area (Å²) in [4.78, 5) is 14.7. The molecule has 0 heterocycles. The van der Waals surface area contributed by atoms with E-state index in [1.165, 1.54) is 24.3 Å². The SMILES string of the molecule is [C-]#[N+]c1ccc(N(Cc2cccc(C(N)=O)c2)CC(F)(F)F)cc1C(F)(F)F. The number of benzene rings is 2. The van der Waals surface area contributed by atoms with Crippen LogP contribution in [0.4, 0.5) is 37.7 Å². The number of hydrogen-bond acceptors (Lipinski definition) is 2. The first kappa shape index (κ1) is 21.1. The molecule has 0 radical (unpaired) electrons. The molecule has 2 rings (SSSR count). The molecule has 0 aliphatic carbocycles. The molecule has 28 heavy (non-hydrogen) atoms. The topological polar surface area (TPSA) is 50.7 Å². The first-order chi connectivity index (χ1) is 12.9. The number of primary amides is 1. The molecule has 0 saturated heterocycles. The molecule has 0 bridgehead atoms. The minimum atomic E-state index is -4.90. The number of halogens is 6. The summed E-state index contributed by atoms with van der Waals surface area (Å²) in [5, 5.41) is 0. The number of anilines is 1. The molecule has 0 aliphatic rings. The average molecular weight is 401 g/mol. The summed E-state index contributed by atoms with van der Waals surface area (Å²) in [5.41, 5.74) is 3.06. The van der Waals surface area contributed by atoms with Crippen molar-refractivity contribution >= 4 is 17.3 Å². The van der Waals surface area contributed by atoms with E-state index in [4.69, 9.17) is 12.3 Å². The summed E-state index contributed by atoms with van der Waals surface area (Å²) >= 11 is 0. The Morgan fingerprint density at radius 1 is 1.07 bits per heavy atom. The smallest absolute Gasteiger partial charge is 0.366 e. The van der Waals surface area contributed by atoms with E-state index in [1.807, 2.05) is 0 Å². The summed E-state index contributed by atoms with van der Waals surface area (Å²) in [6, 6.07) is 7.83. The van der Waals surface area contributed by atoms with E-state index in [1.54, 1.807) is 0 Å². The van der Waals surface area contributed by atoms with Gasteiger partial charge in [0.15, 0.2) is 5.69 Å². The van der Waals surface area contributed by atoms with Crippen LogP contribution >= 0.6 is 0 Å². The number of hydrogen-bond donors (Lipinski definition) is 1. The van der Waals surface area contributed by atoms with E-state index >= 15 is 0 Å². The molecule has 0 aliphatic heterocycles. The van der Waals surface area contributed by atoms with Crippen molar-refractivity contribution in [2.75, 3.05) is 11.4 Å². The predicted octanol–water partition coefficient (Wildman–Crippen LogP) is 4.92. The van der Waals surface area contributed by atoms with Gasteiger partial charge in [0.2, 0.25) is 5.91 Å². The lowest BCUT2D eigenvalue weighted by Gasteiger charge is -2.27. The summed E-state index contributed by atoms with van der Waals surface area (Å²) in [7, 11) is 0. The Hall–Kier alpha value is -3.22. The normalized spacial score (nSPS) is 11.8. The maximum absolute atomic E-state index is 13.1. The first-order valence-corrected chi connectivity index (χ1v) is 7.70. The van der Waals surface area contributed by atoms with Gasteiger partial charge in [-0.2, -0.15) is 26.3 Å². The van der Waals surface area contributed by atoms with Gasteiger partial charge in [-0.3, -0.25) is 4.79 Å². The minimum absolute atomic E-state index is 0.0591. The zero-order valence-electron chi connectivity index (χ0n) is 14.1. The Balaban J connectivity index is 2.48. The second-order valence-corrected chi connectivity index (χ2v) is 5.85. The number of carbonyl (C=O) groups excluding carboxylic acids is 1. The standard InChI is InChI=1S/C18H13F6N3O/c1-26-15-6-5-13(8-14(15)18(22,23)24)27(10-17(19,20)21)9-11-3-2-4-12(7-11)16(25)28/h2-8H,9-10H2,(H2,25,28). The fraction of sp³-hybridized carbons (Fsp3) is 0.222. The Bertz CT molecular complexity index is 915. The van der Waals surface area contributed by atoms with Crippen LogP contribution in [0.3, 0.4) is 0 Å². The molecule has 0 saturated carbocycles. The lowest BCUT2D eigenvalue weighted by molar-refractivity contribution is -0.136. The highest BCUT2D eigenvalue weighted by molar-refractivity contribution is 5.92. The summed E-state index contributed by atoms with van der Waals surface area (Å²) in [6.45, 7) is 4.87. The zero-order valence-corrected chi connectivity index (χ0v) is 14.1. The molecule has 0 spiro atoms. The Morgan fingerprint density at radius 2 is 1.75 bits per heavy atom. The molecule has 0 atom stereocenters. The zero-order chi connectivity index (χ0) is 21.1. The van der Waals surface area contributed by atoms with Gasteiger partial charge in [-0.25, -0.2) is 4.85 Å². The lowest BCUT2D eigenvalue weighted by Crippen LogP contribution is -2.34. The Morgan fingerprint density at radius 3 is 2.29 bits per heavy atom. The Labute approximate surface area is 156 Å². The number of nitrogens with two attached hydrogens (primary N) is 1. The van der Waals surface area contributed by atoms with Gasteiger partial charge in [0.25, 0.3) is 0 Å². The van der Waals surface area contributed by atoms with Crippen molar-refractivity contribution in [1.29, 1.82) is 0 Å². The maximum atomic E-state index is 13.1. The first-order valence-electron chi connectivity index (χ1n) is 7.70. The van der Waals surface area contributed by atoms with Gasteiger partial charge in [-0.1, -0.05) is 18.2 Å². The molecule has 10 heteroatoms. The van der Waals surface area contributed by atoms with Crippen molar-refractivity contribution < 1.29 is 31.1 Å². The van der Waals surface area contributed by atoms with Crippen LogP contribution in [0, 0.1) is 6.57 Å². The van der Waals surface area contributed by atoms with Crippen LogP contribution in [-0.2, 0) is 12.7 Å². The van der Waals surface area contributed by atoms with Crippen LogP contribution in [0.15, 0.2) is 42.5 Å². The van der Waals surface area contributed by atoms with Gasteiger partial charge in [-0.15, -0.1) is 0 Å². The number of alkyl halides is 6. The van der Waals surface area contributed by atoms with Gasteiger partial charge in [0, 0.05) is 17.8 Å². The van der Waals surface area contributed by atoms with E-state index in [-0.39, 0.29) is 16.8 Å². The number of rotatable bonds is 5. The fourth-order valence-corrected chi connectivity index (χ4v) is 2.54. The van der Waals surface area contributed by atoms with Crippen LogP contribution in [0.25, 0.3) is 4.85 Å². The average Bonchev–Trinajstić information content (AvgIpc) is 2.59. The molecular formula is C18H13F6N3O. The van der Waals surface area contributed by atoms with Crippen LogP contribution in [0.2, 0.25) is 0 Å². The molecular weight excluding hydrogens is 388 g/mol. The Kier molecular flexibility index (Phi) is 5.87. The molecule has 4 nitrogen and oxygen atoms in total. The summed E-state index contributed by atoms with van der Waals surface area (Å²) in [6.07, 6.45) is -9.59. The van der Waals surface area contributed by atoms with Gasteiger partial charge in [0.1, 0.15) is 6.54 Å². The summed E-state index contributed by atoms with van der Waals surface area (Å²) in [5.74, 6) is -0.787. The van der Waals surface area contributed by atoms with Crippen molar-refractivity contribution in [2.45, 2.75) is 18.9 Å². The second kappa shape index (κ2) is 7.80. The van der Waals surface area contributed by atoms with E-state index < -0.39 is 42.6 Å². The van der Waals surface area contributed by atoms with E-state index in [0.717, 1.165) is 12.1 Å².